The molecule has 1 N–H and O–H groups in total. The Morgan fingerprint density at radius 1 is 1.10 bits per heavy atom. The van der Waals surface area contributed by atoms with Crippen LogP contribution in [0.2, 0.25) is 0 Å². The predicted molar refractivity (Wildman–Crippen MR) is 119 cm³/mol. The highest BCUT2D eigenvalue weighted by Gasteiger charge is 2.25. The van der Waals surface area contributed by atoms with E-state index in [1.165, 1.54) is 19.3 Å². The van der Waals surface area contributed by atoms with E-state index in [4.69, 9.17) is 9.47 Å². The number of ether oxygens (including phenoxy) is 2. The molecule has 0 aromatic heterocycles. The normalized spacial score (nSPS) is 19.2. The fourth-order valence-corrected chi connectivity index (χ4v) is 3.91. The molecule has 4 rings (SSSR count). The van der Waals surface area contributed by atoms with Gasteiger partial charge in [0.05, 0.1) is 7.11 Å². The SMILES string of the molecule is C1=CC2CCC1C2.CCc1cc(OC)ccc1C=C(OCc1ccccc1)C(=O)O. The summed E-state index contributed by atoms with van der Waals surface area (Å²) in [5, 5.41) is 9.36. The van der Waals surface area contributed by atoms with E-state index in [1.807, 2.05) is 55.5 Å². The van der Waals surface area contributed by atoms with Gasteiger partial charge in [-0.05, 0) is 72.4 Å². The zero-order valence-electron chi connectivity index (χ0n) is 17.7. The molecule has 30 heavy (non-hydrogen) atoms. The van der Waals surface area contributed by atoms with Crippen molar-refractivity contribution in [1.82, 2.24) is 0 Å². The summed E-state index contributed by atoms with van der Waals surface area (Å²) in [6.45, 7) is 2.23. The molecule has 2 unspecified atom stereocenters. The fraction of sp³-hybridized carbons (Fsp3) is 0.346. The Hall–Kier alpha value is -3.01. The predicted octanol–water partition coefficient (Wildman–Crippen LogP) is 5.87. The zero-order valence-corrected chi connectivity index (χ0v) is 17.7. The number of benzene rings is 2. The minimum atomic E-state index is -1.08. The number of carbonyl (C=O) groups is 1. The van der Waals surface area contributed by atoms with E-state index in [2.05, 4.69) is 12.2 Å². The van der Waals surface area contributed by atoms with Crippen LogP contribution < -0.4 is 4.74 Å². The molecule has 0 spiro atoms. The highest BCUT2D eigenvalue weighted by molar-refractivity contribution is 5.90. The van der Waals surface area contributed by atoms with Crippen molar-refractivity contribution in [2.45, 2.75) is 39.2 Å². The third kappa shape index (κ3) is 5.99. The van der Waals surface area contributed by atoms with Gasteiger partial charge in [-0.3, -0.25) is 0 Å². The average molecular weight is 407 g/mol. The van der Waals surface area contributed by atoms with Gasteiger partial charge in [0.25, 0.3) is 0 Å². The molecule has 0 amide bonds. The van der Waals surface area contributed by atoms with Gasteiger partial charge in [-0.1, -0.05) is 55.5 Å². The van der Waals surface area contributed by atoms with Crippen LogP contribution in [0.15, 0.2) is 66.4 Å². The number of carboxylic acids is 1. The molecule has 0 saturated heterocycles. The Morgan fingerprint density at radius 3 is 2.30 bits per heavy atom. The van der Waals surface area contributed by atoms with Crippen LogP contribution in [0.4, 0.5) is 0 Å². The van der Waals surface area contributed by atoms with Gasteiger partial charge in [0, 0.05) is 0 Å². The smallest absolute Gasteiger partial charge is 0.371 e. The van der Waals surface area contributed by atoms with Gasteiger partial charge >= 0.3 is 5.97 Å². The van der Waals surface area contributed by atoms with Crippen molar-refractivity contribution >= 4 is 12.0 Å². The van der Waals surface area contributed by atoms with Gasteiger partial charge in [-0.2, -0.15) is 0 Å². The summed E-state index contributed by atoms with van der Waals surface area (Å²) >= 11 is 0. The lowest BCUT2D eigenvalue weighted by atomic mass is 10.0. The third-order valence-electron chi connectivity index (χ3n) is 5.63. The summed E-state index contributed by atoms with van der Waals surface area (Å²) in [6.07, 6.45) is 11.5. The number of hydrogen-bond donors (Lipinski definition) is 1. The molecule has 1 fully saturated rings. The molecule has 0 radical (unpaired) electrons. The summed E-state index contributed by atoms with van der Waals surface area (Å²) in [4.78, 5) is 11.4. The lowest BCUT2D eigenvalue weighted by Crippen LogP contribution is -2.05. The van der Waals surface area contributed by atoms with Gasteiger partial charge in [0.2, 0.25) is 5.76 Å². The van der Waals surface area contributed by atoms with Crippen LogP contribution in [0.5, 0.6) is 5.75 Å². The van der Waals surface area contributed by atoms with Crippen LogP contribution in [0.25, 0.3) is 6.08 Å². The molecular formula is C26H30O4. The third-order valence-corrected chi connectivity index (χ3v) is 5.63. The first-order chi connectivity index (χ1) is 14.6. The van der Waals surface area contributed by atoms with E-state index in [9.17, 15) is 9.90 Å². The molecule has 0 aliphatic heterocycles. The fourth-order valence-electron chi connectivity index (χ4n) is 3.91. The van der Waals surface area contributed by atoms with Gasteiger partial charge in [-0.15, -0.1) is 0 Å². The zero-order chi connectivity index (χ0) is 21.3. The summed E-state index contributed by atoms with van der Waals surface area (Å²) in [5.74, 6) is 1.57. The minimum absolute atomic E-state index is 0.0753. The summed E-state index contributed by atoms with van der Waals surface area (Å²) < 4.78 is 10.7. The number of aliphatic carboxylic acids is 1. The minimum Gasteiger partial charge on any atom is -0.497 e. The van der Waals surface area contributed by atoms with E-state index in [1.54, 1.807) is 13.2 Å². The van der Waals surface area contributed by atoms with Crippen LogP contribution in [0.3, 0.4) is 0 Å². The lowest BCUT2D eigenvalue weighted by molar-refractivity contribution is -0.136. The Labute approximate surface area is 178 Å². The van der Waals surface area contributed by atoms with Crippen LogP contribution in [0, 0.1) is 11.8 Å². The van der Waals surface area contributed by atoms with Crippen molar-refractivity contribution < 1.29 is 19.4 Å². The first-order valence-corrected chi connectivity index (χ1v) is 10.6. The highest BCUT2D eigenvalue weighted by Crippen LogP contribution is 2.38. The number of hydrogen-bond acceptors (Lipinski definition) is 3. The number of allylic oxidation sites excluding steroid dienone is 2. The van der Waals surface area contributed by atoms with Crippen molar-refractivity contribution in [2.75, 3.05) is 7.11 Å². The monoisotopic (exact) mass is 406 g/mol. The summed E-state index contributed by atoms with van der Waals surface area (Å²) in [7, 11) is 1.61. The number of fused-ring (bicyclic) bond motifs is 2. The first kappa shape index (κ1) is 21.7. The van der Waals surface area contributed by atoms with Crippen molar-refractivity contribution in [1.29, 1.82) is 0 Å². The molecule has 2 aromatic rings. The van der Waals surface area contributed by atoms with Crippen LogP contribution in [-0.2, 0) is 22.6 Å². The van der Waals surface area contributed by atoms with E-state index in [-0.39, 0.29) is 12.4 Å². The van der Waals surface area contributed by atoms with Crippen molar-refractivity contribution in [3.63, 3.8) is 0 Å². The molecule has 0 heterocycles. The second kappa shape index (κ2) is 10.7. The second-order valence-corrected chi connectivity index (χ2v) is 7.72. The molecule has 4 heteroatoms. The number of carboxylic acid groups (broad SMARTS) is 1. The Balaban J connectivity index is 0.000000302. The van der Waals surface area contributed by atoms with Gasteiger partial charge in [-0.25, -0.2) is 4.79 Å². The Bertz CT molecular complexity index is 887. The lowest BCUT2D eigenvalue weighted by Gasteiger charge is -2.10. The van der Waals surface area contributed by atoms with Crippen LogP contribution >= 0.6 is 0 Å². The molecular weight excluding hydrogens is 376 g/mol. The van der Waals surface area contributed by atoms with Crippen molar-refractivity contribution in [3.8, 4) is 5.75 Å². The average Bonchev–Trinajstić information content (AvgIpc) is 3.44. The first-order valence-electron chi connectivity index (χ1n) is 10.6. The highest BCUT2D eigenvalue weighted by atomic mass is 16.5. The maximum Gasteiger partial charge on any atom is 0.371 e. The molecule has 2 atom stereocenters. The van der Waals surface area contributed by atoms with Crippen LogP contribution in [-0.4, -0.2) is 18.2 Å². The van der Waals surface area contributed by atoms with E-state index in [0.29, 0.717) is 0 Å². The standard InChI is InChI=1S/C19H20O4.C7H10/c1-3-15-11-17(22-2)10-9-16(15)12-18(19(20)21)23-13-14-7-5-4-6-8-14;1-2-7-4-3-6(1)5-7/h4-12H,3,13H2,1-2H3,(H,20,21);1-2,6-7H,3-5H2. The topological polar surface area (TPSA) is 55.8 Å². The molecule has 2 aliphatic carbocycles. The quantitative estimate of drug-likeness (QED) is 0.355. The molecule has 2 aromatic carbocycles. The number of aryl methyl sites for hydroxylation is 1. The van der Waals surface area contributed by atoms with Crippen molar-refractivity contribution in [2.24, 2.45) is 11.8 Å². The maximum atomic E-state index is 11.4. The molecule has 4 nitrogen and oxygen atoms in total. The summed E-state index contributed by atoms with van der Waals surface area (Å²) in [6, 6.07) is 15.0. The molecule has 2 aliphatic rings. The van der Waals surface area contributed by atoms with Crippen LogP contribution in [0.1, 0.15) is 42.9 Å². The number of rotatable bonds is 7. The second-order valence-electron chi connectivity index (χ2n) is 7.72. The van der Waals surface area contributed by atoms with E-state index < -0.39 is 5.97 Å². The van der Waals surface area contributed by atoms with Gasteiger partial charge < -0.3 is 14.6 Å². The van der Waals surface area contributed by atoms with Crippen molar-refractivity contribution in [3.05, 3.63) is 83.1 Å². The molecule has 1 saturated carbocycles. The van der Waals surface area contributed by atoms with Gasteiger partial charge in [0.1, 0.15) is 12.4 Å². The Kier molecular flexibility index (Phi) is 7.72. The van der Waals surface area contributed by atoms with Gasteiger partial charge in [0.15, 0.2) is 0 Å². The molecule has 2 bridgehead atoms. The van der Waals surface area contributed by atoms with E-state index in [0.717, 1.165) is 40.7 Å². The Morgan fingerprint density at radius 2 is 1.80 bits per heavy atom. The largest absolute Gasteiger partial charge is 0.497 e. The van der Waals surface area contributed by atoms with E-state index >= 15 is 0 Å². The maximum absolute atomic E-state index is 11.4. The number of methoxy groups -OCH3 is 1. The molecule has 158 valence electrons. The summed E-state index contributed by atoms with van der Waals surface area (Å²) in [5.41, 5.74) is 2.75.